The molecule has 7 heteroatoms. The third-order valence-corrected chi connectivity index (χ3v) is 2.72. The van der Waals surface area contributed by atoms with Crippen molar-refractivity contribution in [3.8, 4) is 0 Å². The standard InChI is InChI=1S/C14H20N2O5/c1-9(2)8-10(14(19)20)16-12(17)5-6-15-13(18)11-4-3-7-21-11/h3-4,7,9-10H,5-6,8H2,1-2H3,(H,15,18)(H,16,17)(H,19,20)/t10-/m1/s1. The van der Waals surface area contributed by atoms with Gasteiger partial charge in [-0.25, -0.2) is 4.79 Å². The van der Waals surface area contributed by atoms with Crippen molar-refractivity contribution in [2.24, 2.45) is 5.92 Å². The highest BCUT2D eigenvalue weighted by Gasteiger charge is 2.20. The van der Waals surface area contributed by atoms with E-state index in [0.717, 1.165) is 0 Å². The molecular formula is C14H20N2O5. The molecule has 0 aliphatic rings. The van der Waals surface area contributed by atoms with Gasteiger partial charge in [0.2, 0.25) is 5.91 Å². The van der Waals surface area contributed by atoms with E-state index in [1.807, 2.05) is 13.8 Å². The second-order valence-electron chi connectivity index (χ2n) is 5.07. The molecule has 1 aromatic heterocycles. The van der Waals surface area contributed by atoms with E-state index in [-0.39, 0.29) is 24.6 Å². The second kappa shape index (κ2) is 8.08. The Balaban J connectivity index is 2.32. The second-order valence-corrected chi connectivity index (χ2v) is 5.07. The van der Waals surface area contributed by atoms with Crippen LogP contribution in [0.3, 0.4) is 0 Å². The lowest BCUT2D eigenvalue weighted by Crippen LogP contribution is -2.42. The van der Waals surface area contributed by atoms with Crippen LogP contribution in [0.25, 0.3) is 0 Å². The Hall–Kier alpha value is -2.31. The molecule has 0 radical (unpaired) electrons. The van der Waals surface area contributed by atoms with Gasteiger partial charge in [0.15, 0.2) is 5.76 Å². The number of hydrogen-bond donors (Lipinski definition) is 3. The van der Waals surface area contributed by atoms with Gasteiger partial charge in [0.1, 0.15) is 6.04 Å². The van der Waals surface area contributed by atoms with E-state index < -0.39 is 23.8 Å². The Labute approximate surface area is 122 Å². The minimum atomic E-state index is -1.06. The third kappa shape index (κ3) is 6.11. The number of carbonyl (C=O) groups excluding carboxylic acids is 2. The van der Waals surface area contributed by atoms with Crippen molar-refractivity contribution in [3.05, 3.63) is 24.2 Å². The van der Waals surface area contributed by atoms with Crippen LogP contribution in [0.5, 0.6) is 0 Å². The van der Waals surface area contributed by atoms with E-state index in [4.69, 9.17) is 9.52 Å². The van der Waals surface area contributed by atoms with Crippen LogP contribution in [0.4, 0.5) is 0 Å². The number of nitrogens with one attached hydrogen (secondary N) is 2. The van der Waals surface area contributed by atoms with Crippen LogP contribution in [0.15, 0.2) is 22.8 Å². The van der Waals surface area contributed by atoms with Crippen molar-refractivity contribution < 1.29 is 23.9 Å². The quantitative estimate of drug-likeness (QED) is 0.663. The topological polar surface area (TPSA) is 109 Å². The number of amides is 2. The zero-order chi connectivity index (χ0) is 15.8. The van der Waals surface area contributed by atoms with E-state index in [2.05, 4.69) is 10.6 Å². The molecule has 7 nitrogen and oxygen atoms in total. The fraction of sp³-hybridized carbons (Fsp3) is 0.500. The van der Waals surface area contributed by atoms with Gasteiger partial charge in [0, 0.05) is 13.0 Å². The summed E-state index contributed by atoms with van der Waals surface area (Å²) in [6.45, 7) is 3.87. The normalized spacial score (nSPS) is 12.0. The molecule has 3 N–H and O–H groups in total. The summed E-state index contributed by atoms with van der Waals surface area (Å²) in [4.78, 5) is 34.2. The molecule has 0 aliphatic heterocycles. The number of furan rings is 1. The summed E-state index contributed by atoms with van der Waals surface area (Å²) in [5, 5.41) is 14.0. The lowest BCUT2D eigenvalue weighted by atomic mass is 10.0. The van der Waals surface area contributed by atoms with Gasteiger partial charge in [0.25, 0.3) is 5.91 Å². The number of carboxylic acids is 1. The van der Waals surface area contributed by atoms with E-state index in [1.54, 1.807) is 6.07 Å². The summed E-state index contributed by atoms with van der Waals surface area (Å²) in [7, 11) is 0. The highest BCUT2D eigenvalue weighted by Crippen LogP contribution is 2.05. The predicted molar refractivity (Wildman–Crippen MR) is 74.7 cm³/mol. The Morgan fingerprint density at radius 3 is 2.57 bits per heavy atom. The summed E-state index contributed by atoms with van der Waals surface area (Å²) >= 11 is 0. The SMILES string of the molecule is CC(C)C[C@@H](NC(=O)CCNC(=O)c1ccco1)C(=O)O. The molecule has 0 fully saturated rings. The molecule has 1 atom stereocenters. The Kier molecular flexibility index (Phi) is 6.45. The molecule has 0 saturated heterocycles. The van der Waals surface area contributed by atoms with E-state index >= 15 is 0 Å². The highest BCUT2D eigenvalue weighted by molar-refractivity contribution is 5.91. The van der Waals surface area contributed by atoms with Gasteiger partial charge >= 0.3 is 5.97 Å². The third-order valence-electron chi connectivity index (χ3n) is 2.72. The molecule has 1 rings (SSSR count). The lowest BCUT2D eigenvalue weighted by Gasteiger charge is -2.16. The van der Waals surface area contributed by atoms with Crippen molar-refractivity contribution in [3.63, 3.8) is 0 Å². The zero-order valence-electron chi connectivity index (χ0n) is 12.1. The summed E-state index contributed by atoms with van der Waals surface area (Å²) in [6.07, 6.45) is 1.75. The number of rotatable bonds is 8. The number of aliphatic carboxylic acids is 1. The maximum absolute atomic E-state index is 11.7. The average molecular weight is 296 g/mol. The molecule has 2 amide bonds. The van der Waals surface area contributed by atoms with Gasteiger partial charge in [-0.1, -0.05) is 13.8 Å². The molecule has 0 spiro atoms. The molecule has 0 aliphatic carbocycles. The smallest absolute Gasteiger partial charge is 0.326 e. The minimum absolute atomic E-state index is 0.00826. The van der Waals surface area contributed by atoms with Crippen molar-refractivity contribution in [2.45, 2.75) is 32.7 Å². The fourth-order valence-corrected chi connectivity index (χ4v) is 1.74. The fourth-order valence-electron chi connectivity index (χ4n) is 1.74. The first-order valence-electron chi connectivity index (χ1n) is 6.74. The lowest BCUT2D eigenvalue weighted by molar-refractivity contribution is -0.142. The summed E-state index contributed by atoms with van der Waals surface area (Å²) < 4.78 is 4.90. The largest absolute Gasteiger partial charge is 0.480 e. The monoisotopic (exact) mass is 296 g/mol. The van der Waals surface area contributed by atoms with Gasteiger partial charge < -0.3 is 20.2 Å². The summed E-state index contributed by atoms with van der Waals surface area (Å²) in [5.41, 5.74) is 0. The van der Waals surface area contributed by atoms with Crippen molar-refractivity contribution in [2.75, 3.05) is 6.54 Å². The predicted octanol–water partition coefficient (Wildman–Crippen LogP) is 1.01. The van der Waals surface area contributed by atoms with Gasteiger partial charge in [0.05, 0.1) is 6.26 Å². The van der Waals surface area contributed by atoms with Crippen LogP contribution in [0.1, 0.15) is 37.2 Å². The number of carbonyl (C=O) groups is 3. The van der Waals surface area contributed by atoms with Crippen LogP contribution in [0, 0.1) is 5.92 Å². The Morgan fingerprint density at radius 2 is 2.05 bits per heavy atom. The minimum Gasteiger partial charge on any atom is -0.480 e. The molecule has 0 bridgehead atoms. The van der Waals surface area contributed by atoms with Crippen LogP contribution in [-0.2, 0) is 9.59 Å². The van der Waals surface area contributed by atoms with Crippen LogP contribution in [-0.4, -0.2) is 35.5 Å². The molecule has 21 heavy (non-hydrogen) atoms. The molecule has 1 heterocycles. The molecule has 116 valence electrons. The van der Waals surface area contributed by atoms with Crippen LogP contribution < -0.4 is 10.6 Å². The van der Waals surface area contributed by atoms with Gasteiger partial charge in [-0.05, 0) is 24.5 Å². The van der Waals surface area contributed by atoms with E-state index in [1.165, 1.54) is 12.3 Å². The van der Waals surface area contributed by atoms with Crippen LogP contribution in [0.2, 0.25) is 0 Å². The maximum Gasteiger partial charge on any atom is 0.326 e. The Bertz CT molecular complexity index is 482. The molecular weight excluding hydrogens is 276 g/mol. The van der Waals surface area contributed by atoms with Gasteiger partial charge in [-0.15, -0.1) is 0 Å². The number of carboxylic acid groups (broad SMARTS) is 1. The first kappa shape index (κ1) is 16.7. The van der Waals surface area contributed by atoms with Crippen molar-refractivity contribution in [1.29, 1.82) is 0 Å². The average Bonchev–Trinajstić information content (AvgIpc) is 2.91. The first-order valence-corrected chi connectivity index (χ1v) is 6.74. The molecule has 0 unspecified atom stereocenters. The summed E-state index contributed by atoms with van der Waals surface area (Å²) in [6, 6.07) is 2.20. The number of hydrogen-bond acceptors (Lipinski definition) is 4. The van der Waals surface area contributed by atoms with Crippen LogP contribution >= 0.6 is 0 Å². The Morgan fingerprint density at radius 1 is 1.33 bits per heavy atom. The van der Waals surface area contributed by atoms with Crippen molar-refractivity contribution in [1.82, 2.24) is 10.6 Å². The first-order chi connectivity index (χ1) is 9.90. The van der Waals surface area contributed by atoms with Crippen molar-refractivity contribution >= 4 is 17.8 Å². The van der Waals surface area contributed by atoms with E-state index in [9.17, 15) is 14.4 Å². The van der Waals surface area contributed by atoms with Gasteiger partial charge in [-0.2, -0.15) is 0 Å². The summed E-state index contributed by atoms with van der Waals surface area (Å²) in [5.74, 6) is -1.56. The maximum atomic E-state index is 11.7. The van der Waals surface area contributed by atoms with Gasteiger partial charge in [-0.3, -0.25) is 9.59 Å². The molecule has 1 aromatic rings. The highest BCUT2D eigenvalue weighted by atomic mass is 16.4. The molecule has 0 aromatic carbocycles. The van der Waals surface area contributed by atoms with E-state index in [0.29, 0.717) is 6.42 Å². The molecule has 0 saturated carbocycles. The zero-order valence-corrected chi connectivity index (χ0v) is 12.1.